The third-order valence-corrected chi connectivity index (χ3v) is 7.26. The van der Waals surface area contributed by atoms with Gasteiger partial charge in [0.1, 0.15) is 11.5 Å². The molecule has 1 N–H and O–H groups in total. The van der Waals surface area contributed by atoms with E-state index in [4.69, 9.17) is 16.3 Å². The van der Waals surface area contributed by atoms with Crippen LogP contribution in [0.3, 0.4) is 0 Å². The molecule has 0 spiro atoms. The second-order valence-corrected chi connectivity index (χ2v) is 9.81. The number of carbonyl (C=O) groups is 2. The number of hydrogen-bond acceptors (Lipinski definition) is 8. The maximum atomic E-state index is 12.7. The van der Waals surface area contributed by atoms with Crippen molar-refractivity contribution in [1.82, 2.24) is 13.9 Å². The van der Waals surface area contributed by atoms with Gasteiger partial charge < -0.3 is 14.6 Å². The Balaban J connectivity index is 1.51. The van der Waals surface area contributed by atoms with E-state index < -0.39 is 39.3 Å². The fourth-order valence-electron chi connectivity index (χ4n) is 3.32. The number of imidazole rings is 1. The van der Waals surface area contributed by atoms with E-state index in [0.717, 1.165) is 6.07 Å². The summed E-state index contributed by atoms with van der Waals surface area (Å²) in [6.07, 6.45) is 1.90. The number of aryl methyl sites for hydroxylation is 2. The highest BCUT2D eigenvalue weighted by atomic mass is 35.5. The van der Waals surface area contributed by atoms with E-state index in [1.54, 1.807) is 18.5 Å². The molecule has 1 amide bonds. The molecule has 1 fully saturated rings. The Hall–Kier alpha value is -3.03. The van der Waals surface area contributed by atoms with Crippen LogP contribution in [0, 0.1) is 23.0 Å². The molecule has 1 aliphatic heterocycles. The van der Waals surface area contributed by atoms with Crippen LogP contribution >= 0.6 is 11.6 Å². The van der Waals surface area contributed by atoms with E-state index in [0.29, 0.717) is 5.82 Å². The summed E-state index contributed by atoms with van der Waals surface area (Å²) in [5.41, 5.74) is -0.465. The number of amides is 1. The summed E-state index contributed by atoms with van der Waals surface area (Å²) in [4.78, 5) is 38.9. The molecule has 0 saturated carbocycles. The SMILES string of the molecule is Cc1nc(S(=O)(=O)N2CCC(C(=O)OCC(=O)Nc3ccc(Cl)cc3[N+](=O)[O-])CC2)cn1C. The zero-order valence-corrected chi connectivity index (χ0v) is 19.4. The fourth-order valence-corrected chi connectivity index (χ4v) is 4.98. The van der Waals surface area contributed by atoms with Gasteiger partial charge in [-0.1, -0.05) is 11.6 Å². The van der Waals surface area contributed by atoms with Gasteiger partial charge in [0.25, 0.3) is 21.6 Å². The monoisotopic (exact) mass is 499 g/mol. The van der Waals surface area contributed by atoms with Gasteiger partial charge in [-0.25, -0.2) is 13.4 Å². The van der Waals surface area contributed by atoms with Gasteiger partial charge in [-0.2, -0.15) is 4.31 Å². The highest BCUT2D eigenvalue weighted by molar-refractivity contribution is 7.89. The fraction of sp³-hybridized carbons (Fsp3) is 0.421. The minimum atomic E-state index is -3.77. The number of nitrogens with one attached hydrogen (secondary N) is 1. The van der Waals surface area contributed by atoms with Crippen molar-refractivity contribution in [1.29, 1.82) is 0 Å². The Labute approximate surface area is 194 Å². The Bertz CT molecular complexity index is 1170. The van der Waals surface area contributed by atoms with Crippen molar-refractivity contribution in [2.24, 2.45) is 13.0 Å². The molecule has 0 bridgehead atoms. The predicted molar refractivity (Wildman–Crippen MR) is 117 cm³/mol. The highest BCUT2D eigenvalue weighted by Gasteiger charge is 2.34. The lowest BCUT2D eigenvalue weighted by Gasteiger charge is -2.29. The van der Waals surface area contributed by atoms with Crippen molar-refractivity contribution >= 4 is 44.9 Å². The Kier molecular flexibility index (Phi) is 7.34. The first kappa shape index (κ1) is 24.6. The molecule has 33 heavy (non-hydrogen) atoms. The highest BCUT2D eigenvalue weighted by Crippen LogP contribution is 2.28. The van der Waals surface area contributed by atoms with E-state index in [1.807, 2.05) is 0 Å². The van der Waals surface area contributed by atoms with E-state index >= 15 is 0 Å². The summed E-state index contributed by atoms with van der Waals surface area (Å²) in [6.45, 7) is 1.29. The molecule has 0 atom stereocenters. The molecule has 2 heterocycles. The van der Waals surface area contributed by atoms with Gasteiger partial charge in [-0.15, -0.1) is 0 Å². The van der Waals surface area contributed by atoms with Crippen LogP contribution in [-0.4, -0.2) is 58.8 Å². The lowest BCUT2D eigenvalue weighted by molar-refractivity contribution is -0.383. The van der Waals surface area contributed by atoms with Crippen LogP contribution in [0.1, 0.15) is 18.7 Å². The van der Waals surface area contributed by atoms with Crippen molar-refractivity contribution in [2.75, 3.05) is 25.0 Å². The van der Waals surface area contributed by atoms with Gasteiger partial charge in [-0.3, -0.25) is 19.7 Å². The van der Waals surface area contributed by atoms with Gasteiger partial charge >= 0.3 is 5.97 Å². The molecule has 12 nitrogen and oxygen atoms in total. The van der Waals surface area contributed by atoms with Gasteiger partial charge in [0.15, 0.2) is 11.6 Å². The Morgan fingerprint density at radius 2 is 2.00 bits per heavy atom. The van der Waals surface area contributed by atoms with E-state index in [9.17, 15) is 28.1 Å². The number of hydrogen-bond donors (Lipinski definition) is 1. The van der Waals surface area contributed by atoms with Crippen LogP contribution in [0.2, 0.25) is 5.02 Å². The molecule has 2 aromatic rings. The standard InChI is InChI=1S/C19H22ClN5O7S/c1-12-21-18(10-23(12)2)33(30,31)24-7-5-13(6-8-24)19(27)32-11-17(26)22-15-4-3-14(20)9-16(15)25(28)29/h3-4,9-10,13H,5-8,11H2,1-2H3,(H,22,26). The summed E-state index contributed by atoms with van der Waals surface area (Å²) >= 11 is 5.74. The zero-order valence-electron chi connectivity index (χ0n) is 17.9. The molecule has 0 unspecified atom stereocenters. The van der Waals surface area contributed by atoms with Crippen LogP contribution in [-0.2, 0) is 31.4 Å². The maximum Gasteiger partial charge on any atom is 0.309 e. The summed E-state index contributed by atoms with van der Waals surface area (Å²) in [5, 5.41) is 13.5. The summed E-state index contributed by atoms with van der Waals surface area (Å²) in [6, 6.07) is 3.75. The molecule has 1 aromatic carbocycles. The Morgan fingerprint density at radius 1 is 1.33 bits per heavy atom. The largest absolute Gasteiger partial charge is 0.455 e. The zero-order chi connectivity index (χ0) is 24.3. The van der Waals surface area contributed by atoms with Crippen molar-refractivity contribution in [2.45, 2.75) is 24.8 Å². The smallest absolute Gasteiger partial charge is 0.309 e. The van der Waals surface area contributed by atoms with E-state index in [1.165, 1.54) is 22.6 Å². The number of halogens is 1. The molecule has 1 aliphatic rings. The van der Waals surface area contributed by atoms with Gasteiger partial charge in [0.2, 0.25) is 0 Å². The lowest BCUT2D eigenvalue weighted by atomic mass is 9.98. The second kappa shape index (κ2) is 9.85. The quantitative estimate of drug-likeness (QED) is 0.344. The molecule has 14 heteroatoms. The lowest BCUT2D eigenvalue weighted by Crippen LogP contribution is -2.41. The van der Waals surface area contributed by atoms with Gasteiger partial charge in [0.05, 0.1) is 10.8 Å². The van der Waals surface area contributed by atoms with E-state index in [-0.39, 0.29) is 47.4 Å². The van der Waals surface area contributed by atoms with Crippen molar-refractivity contribution in [3.05, 3.63) is 45.4 Å². The molecule has 0 radical (unpaired) electrons. The predicted octanol–water partition coefficient (Wildman–Crippen LogP) is 1.87. The number of nitro groups is 1. The van der Waals surface area contributed by atoms with Crippen LogP contribution in [0.4, 0.5) is 11.4 Å². The number of rotatable bonds is 7. The minimum absolute atomic E-state index is 0.0449. The number of esters is 1. The topological polar surface area (TPSA) is 154 Å². The number of anilines is 1. The number of nitro benzene ring substituents is 1. The minimum Gasteiger partial charge on any atom is -0.455 e. The van der Waals surface area contributed by atoms with Crippen molar-refractivity contribution < 1.29 is 27.7 Å². The number of nitrogens with zero attached hydrogens (tertiary/aromatic N) is 4. The molecule has 178 valence electrons. The summed E-state index contributed by atoms with van der Waals surface area (Å²) in [7, 11) is -2.07. The summed E-state index contributed by atoms with van der Waals surface area (Å²) in [5.74, 6) is -1.39. The van der Waals surface area contributed by atoms with Crippen molar-refractivity contribution in [3.8, 4) is 0 Å². The number of benzene rings is 1. The average molecular weight is 500 g/mol. The number of ether oxygens (including phenoxy) is 1. The first-order chi connectivity index (χ1) is 15.5. The third-order valence-electron chi connectivity index (χ3n) is 5.25. The number of sulfonamides is 1. The number of piperidine rings is 1. The number of carbonyl (C=O) groups excluding carboxylic acids is 2. The molecule has 1 aromatic heterocycles. The van der Waals surface area contributed by atoms with Crippen LogP contribution in [0.25, 0.3) is 0 Å². The summed E-state index contributed by atoms with van der Waals surface area (Å²) < 4.78 is 33.4. The average Bonchev–Trinajstić information content (AvgIpc) is 3.12. The van der Waals surface area contributed by atoms with Crippen LogP contribution in [0.15, 0.2) is 29.4 Å². The van der Waals surface area contributed by atoms with E-state index in [2.05, 4.69) is 10.3 Å². The molecule has 1 saturated heterocycles. The Morgan fingerprint density at radius 3 is 2.58 bits per heavy atom. The molecule has 3 rings (SSSR count). The van der Waals surface area contributed by atoms with Crippen LogP contribution in [0.5, 0.6) is 0 Å². The van der Waals surface area contributed by atoms with Crippen molar-refractivity contribution in [3.63, 3.8) is 0 Å². The van der Waals surface area contributed by atoms with Gasteiger partial charge in [0, 0.05) is 37.4 Å². The molecular weight excluding hydrogens is 478 g/mol. The second-order valence-electron chi connectivity index (χ2n) is 7.49. The molecular formula is C19H22ClN5O7S. The number of aromatic nitrogens is 2. The normalized spacial score (nSPS) is 15.2. The molecule has 0 aliphatic carbocycles. The van der Waals surface area contributed by atoms with Gasteiger partial charge in [-0.05, 0) is 31.9 Å². The third kappa shape index (κ3) is 5.67. The van der Waals surface area contributed by atoms with Crippen LogP contribution < -0.4 is 5.32 Å². The first-order valence-electron chi connectivity index (χ1n) is 9.89. The maximum absolute atomic E-state index is 12.7. The first-order valence-corrected chi connectivity index (χ1v) is 11.7.